The highest BCUT2D eigenvalue weighted by Crippen LogP contribution is 2.29. The first-order valence-electron chi connectivity index (χ1n) is 10.6. The molecule has 2 aromatic heterocycles. The first-order chi connectivity index (χ1) is 14.9. The van der Waals surface area contributed by atoms with Crippen molar-refractivity contribution in [1.82, 2.24) is 19.8 Å². The van der Waals surface area contributed by atoms with E-state index in [1.165, 1.54) is 11.3 Å². The number of aryl methyl sites for hydroxylation is 2. The van der Waals surface area contributed by atoms with Crippen molar-refractivity contribution >= 4 is 39.1 Å². The second-order valence-electron chi connectivity index (χ2n) is 8.24. The molecule has 8 heteroatoms. The maximum atomic E-state index is 13.1. The smallest absolute Gasteiger partial charge is 0.262 e. The molecule has 1 aliphatic rings. The van der Waals surface area contributed by atoms with Crippen LogP contribution in [0.4, 0.5) is 0 Å². The average Bonchev–Trinajstić information content (AvgIpc) is 2.90. The first-order valence-corrected chi connectivity index (χ1v) is 11.8. The fraction of sp³-hybridized carbons (Fsp3) is 0.435. The van der Waals surface area contributed by atoms with Crippen molar-refractivity contribution in [3.63, 3.8) is 0 Å². The lowest BCUT2D eigenvalue weighted by molar-refractivity contribution is 0.0945. The molecule has 0 fully saturated rings. The number of amides is 1. The van der Waals surface area contributed by atoms with Crippen molar-refractivity contribution in [3.05, 3.63) is 61.5 Å². The number of hydrogen-bond acceptors (Lipinski definition) is 5. The van der Waals surface area contributed by atoms with Gasteiger partial charge in [0.1, 0.15) is 10.7 Å². The molecule has 0 radical (unpaired) electrons. The van der Waals surface area contributed by atoms with Crippen LogP contribution in [0.1, 0.15) is 51.9 Å². The molecule has 0 saturated carbocycles. The molecule has 1 unspecified atom stereocenters. The van der Waals surface area contributed by atoms with Gasteiger partial charge in [-0.15, -0.1) is 11.3 Å². The topological polar surface area (TPSA) is 67.2 Å². The van der Waals surface area contributed by atoms with Crippen LogP contribution in [0.3, 0.4) is 0 Å². The molecule has 3 aromatic rings. The lowest BCUT2D eigenvalue weighted by Crippen LogP contribution is -2.34. The predicted molar refractivity (Wildman–Crippen MR) is 126 cm³/mol. The molecule has 3 heterocycles. The summed E-state index contributed by atoms with van der Waals surface area (Å²) in [5.41, 5.74) is 1.66. The van der Waals surface area contributed by atoms with Crippen molar-refractivity contribution in [3.8, 4) is 0 Å². The third-order valence-corrected chi connectivity index (χ3v) is 7.49. The van der Waals surface area contributed by atoms with Gasteiger partial charge in [0, 0.05) is 24.5 Å². The minimum Gasteiger partial charge on any atom is -0.349 e. The second kappa shape index (κ2) is 9.10. The predicted octanol–water partition coefficient (Wildman–Crippen LogP) is 4.18. The van der Waals surface area contributed by atoms with Crippen LogP contribution in [0.5, 0.6) is 0 Å². The number of rotatable bonds is 5. The molecule has 31 heavy (non-hydrogen) atoms. The van der Waals surface area contributed by atoms with Crippen LogP contribution in [0.2, 0.25) is 5.02 Å². The summed E-state index contributed by atoms with van der Waals surface area (Å²) in [4.78, 5) is 34.2. The Kier molecular flexibility index (Phi) is 6.46. The first kappa shape index (κ1) is 22.0. The van der Waals surface area contributed by atoms with Crippen LogP contribution in [0.25, 0.3) is 10.2 Å². The molecule has 0 spiro atoms. The fourth-order valence-electron chi connectivity index (χ4n) is 4.21. The Morgan fingerprint density at radius 2 is 2.06 bits per heavy atom. The summed E-state index contributed by atoms with van der Waals surface area (Å²) in [5.74, 6) is 0.661. The van der Waals surface area contributed by atoms with Crippen molar-refractivity contribution in [2.24, 2.45) is 0 Å². The number of carbonyl (C=O) groups is 1. The van der Waals surface area contributed by atoms with E-state index in [2.05, 4.69) is 5.32 Å². The molecule has 164 valence electrons. The zero-order valence-corrected chi connectivity index (χ0v) is 19.6. The summed E-state index contributed by atoms with van der Waals surface area (Å²) in [6.45, 7) is 2.96. The van der Waals surface area contributed by atoms with Crippen LogP contribution in [0, 0.1) is 6.92 Å². The van der Waals surface area contributed by atoms with Gasteiger partial charge in [0.25, 0.3) is 11.5 Å². The van der Waals surface area contributed by atoms with Gasteiger partial charge in [-0.05, 0) is 51.1 Å². The van der Waals surface area contributed by atoms with E-state index in [0.717, 1.165) is 37.1 Å². The lowest BCUT2D eigenvalue weighted by Gasteiger charge is -2.25. The molecular weight excluding hydrogens is 432 g/mol. The van der Waals surface area contributed by atoms with Crippen molar-refractivity contribution in [2.75, 3.05) is 20.6 Å². The molecule has 1 atom stereocenters. The molecule has 0 aliphatic carbocycles. The fourth-order valence-corrected chi connectivity index (χ4v) is 5.58. The van der Waals surface area contributed by atoms with Crippen LogP contribution in [0.15, 0.2) is 29.1 Å². The number of nitrogens with zero attached hydrogens (tertiary/aromatic N) is 3. The summed E-state index contributed by atoms with van der Waals surface area (Å²) < 4.78 is 1.80. The average molecular weight is 459 g/mol. The van der Waals surface area contributed by atoms with Gasteiger partial charge in [0.15, 0.2) is 0 Å². The highest BCUT2D eigenvalue weighted by atomic mass is 35.5. The molecule has 0 bridgehead atoms. The lowest BCUT2D eigenvalue weighted by atomic mass is 10.1. The number of thiophene rings is 1. The number of nitrogens with one attached hydrogen (secondary N) is 1. The highest BCUT2D eigenvalue weighted by molar-refractivity contribution is 7.20. The van der Waals surface area contributed by atoms with Gasteiger partial charge in [-0.1, -0.05) is 36.2 Å². The van der Waals surface area contributed by atoms with E-state index in [-0.39, 0.29) is 17.5 Å². The second-order valence-corrected chi connectivity index (χ2v) is 9.65. The van der Waals surface area contributed by atoms with E-state index >= 15 is 0 Å². The van der Waals surface area contributed by atoms with E-state index in [1.807, 2.05) is 50.2 Å². The van der Waals surface area contributed by atoms with E-state index in [4.69, 9.17) is 16.6 Å². The van der Waals surface area contributed by atoms with E-state index in [0.29, 0.717) is 38.8 Å². The Balaban J connectivity index is 1.62. The number of carbonyl (C=O) groups excluding carboxylic acids is 1. The van der Waals surface area contributed by atoms with E-state index < -0.39 is 0 Å². The number of benzene rings is 1. The maximum Gasteiger partial charge on any atom is 0.262 e. The Hall–Kier alpha value is -2.22. The third kappa shape index (κ3) is 4.27. The summed E-state index contributed by atoms with van der Waals surface area (Å²) in [7, 11) is 3.92. The van der Waals surface area contributed by atoms with E-state index in [1.54, 1.807) is 4.57 Å². The van der Waals surface area contributed by atoms with Gasteiger partial charge < -0.3 is 10.2 Å². The monoisotopic (exact) mass is 458 g/mol. The van der Waals surface area contributed by atoms with Crippen molar-refractivity contribution in [2.45, 2.75) is 45.2 Å². The summed E-state index contributed by atoms with van der Waals surface area (Å²) in [6.07, 6.45) is 3.96. The largest absolute Gasteiger partial charge is 0.349 e. The van der Waals surface area contributed by atoms with Crippen LogP contribution < -0.4 is 10.9 Å². The molecular formula is C23H27ClN4O2S. The standard InChI is InChI=1S/C23H27ClN4O2S/c1-14-19-22(26-18-11-5-4-8-12-28(18)23(19)30)31-20(14)21(29)25-13-17(27(2)3)15-9-6-7-10-16(15)24/h6-7,9-10,17H,4-5,8,11-13H2,1-3H3,(H,25,29). The summed E-state index contributed by atoms with van der Waals surface area (Å²) >= 11 is 7.69. The molecule has 4 rings (SSSR count). The van der Waals surface area contributed by atoms with Gasteiger partial charge >= 0.3 is 0 Å². The maximum absolute atomic E-state index is 13.1. The van der Waals surface area contributed by atoms with Crippen molar-refractivity contribution < 1.29 is 4.79 Å². The Labute approximate surface area is 190 Å². The number of likely N-dealkylation sites (N-methyl/N-ethyl adjacent to an activating group) is 1. The minimum atomic E-state index is -0.181. The van der Waals surface area contributed by atoms with Crippen LogP contribution >= 0.6 is 22.9 Å². The molecule has 1 amide bonds. The number of hydrogen-bond donors (Lipinski definition) is 1. The van der Waals surface area contributed by atoms with Crippen LogP contribution in [-0.2, 0) is 13.0 Å². The number of aromatic nitrogens is 2. The minimum absolute atomic E-state index is 0.0167. The van der Waals surface area contributed by atoms with Gasteiger partial charge in [-0.25, -0.2) is 4.98 Å². The van der Waals surface area contributed by atoms with Crippen LogP contribution in [-0.4, -0.2) is 41.0 Å². The molecule has 6 nitrogen and oxygen atoms in total. The molecule has 1 N–H and O–H groups in total. The zero-order valence-electron chi connectivity index (χ0n) is 18.1. The highest BCUT2D eigenvalue weighted by Gasteiger charge is 2.24. The van der Waals surface area contributed by atoms with Gasteiger partial charge in [-0.3, -0.25) is 14.2 Å². The number of fused-ring (bicyclic) bond motifs is 2. The number of halogens is 1. The zero-order chi connectivity index (χ0) is 22.1. The Morgan fingerprint density at radius 3 is 2.81 bits per heavy atom. The molecule has 1 aromatic carbocycles. The van der Waals surface area contributed by atoms with Gasteiger partial charge in [0.05, 0.1) is 16.3 Å². The SMILES string of the molecule is Cc1c(C(=O)NCC(c2ccccc2Cl)N(C)C)sc2nc3n(c(=O)c12)CCCCC3. The summed E-state index contributed by atoms with van der Waals surface area (Å²) in [5, 5.41) is 4.29. The summed E-state index contributed by atoms with van der Waals surface area (Å²) in [6, 6.07) is 7.60. The van der Waals surface area contributed by atoms with Crippen molar-refractivity contribution in [1.29, 1.82) is 0 Å². The van der Waals surface area contributed by atoms with E-state index in [9.17, 15) is 9.59 Å². The molecule has 1 aliphatic heterocycles. The quantitative estimate of drug-likeness (QED) is 0.622. The Bertz CT molecular complexity index is 1180. The molecule has 0 saturated heterocycles. The van der Waals surface area contributed by atoms with Gasteiger partial charge in [-0.2, -0.15) is 0 Å². The Morgan fingerprint density at radius 1 is 1.29 bits per heavy atom. The third-order valence-electron chi connectivity index (χ3n) is 5.96. The van der Waals surface area contributed by atoms with Gasteiger partial charge in [0.2, 0.25) is 0 Å². The normalized spacial score (nSPS) is 15.0.